The van der Waals surface area contributed by atoms with E-state index in [0.29, 0.717) is 13.0 Å². The first kappa shape index (κ1) is 13.4. The van der Waals surface area contributed by atoms with E-state index >= 15 is 0 Å². The molecule has 1 aliphatic heterocycles. The summed E-state index contributed by atoms with van der Waals surface area (Å²) < 4.78 is 0. The summed E-state index contributed by atoms with van der Waals surface area (Å²) >= 11 is 1.72. The van der Waals surface area contributed by atoms with Crippen molar-refractivity contribution in [1.82, 2.24) is 10.2 Å². The van der Waals surface area contributed by atoms with E-state index in [2.05, 4.69) is 5.32 Å². The van der Waals surface area contributed by atoms with Crippen molar-refractivity contribution in [1.29, 1.82) is 0 Å². The van der Waals surface area contributed by atoms with Crippen LogP contribution in [0.4, 0.5) is 0 Å². The number of thioether (sulfide) groups is 1. The Morgan fingerprint density at radius 2 is 2.25 bits per heavy atom. The van der Waals surface area contributed by atoms with Crippen molar-refractivity contribution in [2.75, 3.05) is 25.1 Å². The standard InChI is InChI=1S/C11H20N2O2S/c1-3-4-9-11(15)13(7-8-16-2)6-5-10(14)12-9/h9H,3-8H2,1-2H3,(H,12,14). The minimum absolute atomic E-state index is 0.00143. The molecular formula is C11H20N2O2S. The van der Waals surface area contributed by atoms with Crippen molar-refractivity contribution in [2.24, 2.45) is 0 Å². The summed E-state index contributed by atoms with van der Waals surface area (Å²) in [6.45, 7) is 3.33. The number of hydrogen-bond donors (Lipinski definition) is 1. The lowest BCUT2D eigenvalue weighted by Crippen LogP contribution is -2.45. The van der Waals surface area contributed by atoms with Crippen LogP contribution in [0.25, 0.3) is 0 Å². The van der Waals surface area contributed by atoms with Gasteiger partial charge in [-0.15, -0.1) is 0 Å². The lowest BCUT2D eigenvalue weighted by molar-refractivity contribution is -0.133. The highest BCUT2D eigenvalue weighted by Crippen LogP contribution is 2.09. The Labute approximate surface area is 101 Å². The van der Waals surface area contributed by atoms with Crippen LogP contribution >= 0.6 is 11.8 Å². The Morgan fingerprint density at radius 1 is 1.50 bits per heavy atom. The van der Waals surface area contributed by atoms with Crippen LogP contribution in [0.5, 0.6) is 0 Å². The van der Waals surface area contributed by atoms with Crippen LogP contribution in [0.1, 0.15) is 26.2 Å². The highest BCUT2D eigenvalue weighted by Gasteiger charge is 2.28. The molecule has 5 heteroatoms. The molecule has 0 aliphatic carbocycles. The average Bonchev–Trinajstić information content (AvgIpc) is 2.39. The fourth-order valence-electron chi connectivity index (χ4n) is 1.80. The van der Waals surface area contributed by atoms with E-state index in [-0.39, 0.29) is 17.9 Å². The first-order valence-electron chi connectivity index (χ1n) is 5.76. The minimum atomic E-state index is -0.304. The van der Waals surface area contributed by atoms with Gasteiger partial charge in [0.15, 0.2) is 0 Å². The third kappa shape index (κ3) is 3.70. The number of nitrogens with one attached hydrogen (secondary N) is 1. The molecule has 0 aromatic heterocycles. The zero-order valence-electron chi connectivity index (χ0n) is 9.99. The molecule has 1 fully saturated rings. The topological polar surface area (TPSA) is 49.4 Å². The van der Waals surface area contributed by atoms with E-state index in [4.69, 9.17) is 0 Å². The second-order valence-corrected chi connectivity index (χ2v) is 4.96. The molecule has 1 saturated heterocycles. The van der Waals surface area contributed by atoms with Crippen LogP contribution in [0.15, 0.2) is 0 Å². The summed E-state index contributed by atoms with van der Waals surface area (Å²) in [4.78, 5) is 25.3. The average molecular weight is 244 g/mol. The quantitative estimate of drug-likeness (QED) is 0.780. The van der Waals surface area contributed by atoms with Crippen molar-refractivity contribution >= 4 is 23.6 Å². The van der Waals surface area contributed by atoms with Gasteiger partial charge in [-0.05, 0) is 12.7 Å². The summed E-state index contributed by atoms with van der Waals surface area (Å²) in [5, 5.41) is 2.80. The molecule has 0 aromatic rings. The molecule has 1 aliphatic rings. The molecule has 16 heavy (non-hydrogen) atoms. The van der Waals surface area contributed by atoms with E-state index < -0.39 is 0 Å². The van der Waals surface area contributed by atoms with Gasteiger partial charge in [0.25, 0.3) is 0 Å². The Balaban J connectivity index is 2.63. The van der Waals surface area contributed by atoms with Crippen molar-refractivity contribution < 1.29 is 9.59 Å². The molecule has 0 saturated carbocycles. The number of nitrogens with zero attached hydrogens (tertiary/aromatic N) is 1. The third-order valence-corrected chi connectivity index (χ3v) is 3.29. The van der Waals surface area contributed by atoms with E-state index in [1.165, 1.54) is 0 Å². The van der Waals surface area contributed by atoms with Crippen LogP contribution in [-0.4, -0.2) is 47.9 Å². The van der Waals surface area contributed by atoms with E-state index in [1.807, 2.05) is 18.1 Å². The number of amides is 2. The van der Waals surface area contributed by atoms with E-state index in [9.17, 15) is 9.59 Å². The molecule has 1 N–H and O–H groups in total. The van der Waals surface area contributed by atoms with Crippen molar-refractivity contribution in [3.8, 4) is 0 Å². The second kappa shape index (κ2) is 6.78. The van der Waals surface area contributed by atoms with Crippen LogP contribution in [-0.2, 0) is 9.59 Å². The fraction of sp³-hybridized carbons (Fsp3) is 0.818. The van der Waals surface area contributed by atoms with Gasteiger partial charge in [-0.25, -0.2) is 0 Å². The number of carbonyl (C=O) groups excluding carboxylic acids is 2. The molecule has 0 bridgehead atoms. The van der Waals surface area contributed by atoms with Gasteiger partial charge >= 0.3 is 0 Å². The van der Waals surface area contributed by atoms with Gasteiger partial charge < -0.3 is 10.2 Å². The maximum absolute atomic E-state index is 12.1. The van der Waals surface area contributed by atoms with Gasteiger partial charge in [0.2, 0.25) is 11.8 Å². The largest absolute Gasteiger partial charge is 0.344 e. The highest BCUT2D eigenvalue weighted by atomic mass is 32.2. The predicted molar refractivity (Wildman–Crippen MR) is 66.4 cm³/mol. The normalized spacial score (nSPS) is 21.9. The Bertz CT molecular complexity index is 258. The van der Waals surface area contributed by atoms with Gasteiger partial charge in [0.1, 0.15) is 6.04 Å². The molecule has 1 rings (SSSR count). The zero-order valence-corrected chi connectivity index (χ0v) is 10.8. The van der Waals surface area contributed by atoms with Gasteiger partial charge in [-0.1, -0.05) is 13.3 Å². The molecule has 4 nitrogen and oxygen atoms in total. The molecule has 1 heterocycles. The lowest BCUT2D eigenvalue weighted by Gasteiger charge is -2.23. The van der Waals surface area contributed by atoms with Gasteiger partial charge in [0, 0.05) is 25.3 Å². The molecule has 1 atom stereocenters. The maximum atomic E-state index is 12.1. The molecule has 1 unspecified atom stereocenters. The molecular weight excluding hydrogens is 224 g/mol. The van der Waals surface area contributed by atoms with E-state index in [1.54, 1.807) is 11.8 Å². The summed E-state index contributed by atoms with van der Waals surface area (Å²) in [5.41, 5.74) is 0. The van der Waals surface area contributed by atoms with Crippen LogP contribution < -0.4 is 5.32 Å². The highest BCUT2D eigenvalue weighted by molar-refractivity contribution is 7.98. The first-order chi connectivity index (χ1) is 7.69. The second-order valence-electron chi connectivity index (χ2n) is 3.98. The third-order valence-electron chi connectivity index (χ3n) is 2.70. The number of hydrogen-bond acceptors (Lipinski definition) is 3. The van der Waals surface area contributed by atoms with Gasteiger partial charge in [-0.3, -0.25) is 9.59 Å². The first-order valence-corrected chi connectivity index (χ1v) is 7.15. The summed E-state index contributed by atoms with van der Waals surface area (Å²) in [6, 6.07) is -0.304. The van der Waals surface area contributed by atoms with Crippen LogP contribution in [0.2, 0.25) is 0 Å². The molecule has 2 amide bonds. The van der Waals surface area contributed by atoms with Crippen molar-refractivity contribution in [3.05, 3.63) is 0 Å². The summed E-state index contributed by atoms with van der Waals surface area (Å²) in [7, 11) is 0. The summed E-state index contributed by atoms with van der Waals surface area (Å²) in [5.74, 6) is 1.01. The predicted octanol–water partition coefficient (Wildman–Crippen LogP) is 0.867. The maximum Gasteiger partial charge on any atom is 0.245 e. The molecule has 0 aromatic carbocycles. The van der Waals surface area contributed by atoms with Gasteiger partial charge in [0.05, 0.1) is 0 Å². The minimum Gasteiger partial charge on any atom is -0.344 e. The van der Waals surface area contributed by atoms with Crippen molar-refractivity contribution in [2.45, 2.75) is 32.2 Å². The number of rotatable bonds is 5. The van der Waals surface area contributed by atoms with Crippen molar-refractivity contribution in [3.63, 3.8) is 0 Å². The van der Waals surface area contributed by atoms with Gasteiger partial charge in [-0.2, -0.15) is 11.8 Å². The molecule has 0 radical (unpaired) electrons. The fourth-order valence-corrected chi connectivity index (χ4v) is 2.21. The summed E-state index contributed by atoms with van der Waals surface area (Å²) in [6.07, 6.45) is 4.10. The SMILES string of the molecule is CCCC1NC(=O)CCN(CCSC)C1=O. The Hall–Kier alpha value is -0.710. The zero-order chi connectivity index (χ0) is 12.0. The Morgan fingerprint density at radius 3 is 2.88 bits per heavy atom. The molecule has 92 valence electrons. The molecule has 0 spiro atoms. The smallest absolute Gasteiger partial charge is 0.245 e. The Kier molecular flexibility index (Phi) is 5.66. The lowest BCUT2D eigenvalue weighted by atomic mass is 10.1. The van der Waals surface area contributed by atoms with Crippen LogP contribution in [0.3, 0.4) is 0 Å². The van der Waals surface area contributed by atoms with Crippen LogP contribution in [0, 0.1) is 0 Å². The van der Waals surface area contributed by atoms with E-state index in [0.717, 1.165) is 25.1 Å². The monoisotopic (exact) mass is 244 g/mol. The number of carbonyl (C=O) groups is 2.